The Morgan fingerprint density at radius 1 is 1.04 bits per heavy atom. The molecule has 0 saturated carbocycles. The molecule has 1 amide bonds. The summed E-state index contributed by atoms with van der Waals surface area (Å²) in [6, 6.07) is 11.4. The molecular formula is C19H15FN4O2S. The Balaban J connectivity index is 1.76. The molecule has 3 aromatic rings. The molecule has 4 rings (SSSR count). The number of hydrogen-bond acceptors (Lipinski definition) is 4. The van der Waals surface area contributed by atoms with Gasteiger partial charge in [-0.25, -0.2) is 14.2 Å². The van der Waals surface area contributed by atoms with E-state index in [1.165, 1.54) is 12.1 Å². The van der Waals surface area contributed by atoms with Crippen molar-refractivity contribution in [2.75, 3.05) is 0 Å². The molecule has 6 nitrogen and oxygen atoms in total. The average molecular weight is 382 g/mol. The van der Waals surface area contributed by atoms with Crippen molar-refractivity contribution in [3.8, 4) is 0 Å². The molecule has 0 bridgehead atoms. The van der Waals surface area contributed by atoms with Crippen LogP contribution in [0.25, 0.3) is 17.1 Å². The number of amidine groups is 1. The second-order valence-corrected chi connectivity index (χ2v) is 7.12. The molecule has 0 atom stereocenters. The van der Waals surface area contributed by atoms with E-state index in [2.05, 4.69) is 10.3 Å². The van der Waals surface area contributed by atoms with Crippen LogP contribution in [0.2, 0.25) is 0 Å². The minimum absolute atomic E-state index is 0.0968. The van der Waals surface area contributed by atoms with Crippen molar-refractivity contribution >= 4 is 45.6 Å². The molecular weight excluding hydrogens is 367 g/mol. The first-order valence-corrected chi connectivity index (χ1v) is 8.94. The molecule has 136 valence electrons. The predicted octanol–water partition coefficient (Wildman–Crippen LogP) is 3.54. The van der Waals surface area contributed by atoms with Crippen LogP contribution in [0.3, 0.4) is 0 Å². The van der Waals surface area contributed by atoms with Gasteiger partial charge in [0, 0.05) is 14.1 Å². The molecule has 0 unspecified atom stereocenters. The minimum Gasteiger partial charge on any atom is -0.300 e. The number of nitrogens with one attached hydrogen (secondary N) is 1. The van der Waals surface area contributed by atoms with Crippen molar-refractivity contribution in [3.05, 3.63) is 69.2 Å². The zero-order valence-corrected chi connectivity index (χ0v) is 15.4. The van der Waals surface area contributed by atoms with E-state index in [0.717, 1.165) is 28.4 Å². The van der Waals surface area contributed by atoms with Gasteiger partial charge < -0.3 is 5.32 Å². The van der Waals surface area contributed by atoms with Gasteiger partial charge in [0.2, 0.25) is 0 Å². The Kier molecular flexibility index (Phi) is 4.19. The lowest BCUT2D eigenvalue weighted by molar-refractivity contribution is 0.265. The van der Waals surface area contributed by atoms with Gasteiger partial charge in [0.25, 0.3) is 5.24 Å². The molecule has 27 heavy (non-hydrogen) atoms. The van der Waals surface area contributed by atoms with Gasteiger partial charge in [-0.15, -0.1) is 0 Å². The Hall–Kier alpha value is -3.13. The third-order valence-corrected chi connectivity index (χ3v) is 5.14. The van der Waals surface area contributed by atoms with Gasteiger partial charge in [0.15, 0.2) is 0 Å². The number of imidazole rings is 1. The van der Waals surface area contributed by atoms with E-state index in [9.17, 15) is 14.0 Å². The van der Waals surface area contributed by atoms with Crippen molar-refractivity contribution in [2.24, 2.45) is 19.1 Å². The van der Waals surface area contributed by atoms with Crippen LogP contribution in [0.4, 0.5) is 14.9 Å². The van der Waals surface area contributed by atoms with Crippen molar-refractivity contribution in [1.29, 1.82) is 0 Å². The zero-order valence-electron chi connectivity index (χ0n) is 14.6. The molecule has 0 radical (unpaired) electrons. The molecule has 2 heterocycles. The van der Waals surface area contributed by atoms with E-state index < -0.39 is 0 Å². The van der Waals surface area contributed by atoms with Crippen LogP contribution in [-0.4, -0.2) is 20.2 Å². The van der Waals surface area contributed by atoms with E-state index in [0.29, 0.717) is 16.4 Å². The second-order valence-electron chi connectivity index (χ2n) is 6.11. The van der Waals surface area contributed by atoms with Gasteiger partial charge in [-0.1, -0.05) is 6.07 Å². The van der Waals surface area contributed by atoms with E-state index in [4.69, 9.17) is 0 Å². The number of hydrogen-bond donors (Lipinski definition) is 1. The summed E-state index contributed by atoms with van der Waals surface area (Å²) < 4.78 is 16.2. The highest BCUT2D eigenvalue weighted by Gasteiger charge is 2.23. The monoisotopic (exact) mass is 382 g/mol. The largest absolute Gasteiger partial charge is 0.328 e. The summed E-state index contributed by atoms with van der Waals surface area (Å²) in [5.74, 6) is 0.0694. The maximum absolute atomic E-state index is 13.1. The number of aryl methyl sites for hydroxylation is 2. The fourth-order valence-electron chi connectivity index (χ4n) is 2.92. The maximum Gasteiger partial charge on any atom is 0.328 e. The Morgan fingerprint density at radius 2 is 1.74 bits per heavy atom. The van der Waals surface area contributed by atoms with Gasteiger partial charge in [-0.3, -0.25) is 13.9 Å². The van der Waals surface area contributed by atoms with Crippen molar-refractivity contribution in [3.63, 3.8) is 0 Å². The number of carbonyl (C=O) groups excluding carboxylic acids is 1. The number of amides is 1. The van der Waals surface area contributed by atoms with Gasteiger partial charge in [0.05, 0.1) is 21.6 Å². The quantitative estimate of drug-likeness (QED) is 0.737. The van der Waals surface area contributed by atoms with Crippen LogP contribution in [0, 0.1) is 5.82 Å². The van der Waals surface area contributed by atoms with E-state index >= 15 is 0 Å². The summed E-state index contributed by atoms with van der Waals surface area (Å²) in [6.45, 7) is 0. The fraction of sp³-hybridized carbons (Fsp3) is 0.105. The smallest absolute Gasteiger partial charge is 0.300 e. The number of rotatable bonds is 2. The highest BCUT2D eigenvalue weighted by Crippen LogP contribution is 2.29. The summed E-state index contributed by atoms with van der Waals surface area (Å²) >= 11 is 1.04. The van der Waals surface area contributed by atoms with Gasteiger partial charge in [-0.2, -0.15) is 0 Å². The Labute approximate surface area is 158 Å². The maximum atomic E-state index is 13.1. The highest BCUT2D eigenvalue weighted by atomic mass is 32.2. The predicted molar refractivity (Wildman–Crippen MR) is 106 cm³/mol. The van der Waals surface area contributed by atoms with Crippen LogP contribution in [0.1, 0.15) is 5.56 Å². The summed E-state index contributed by atoms with van der Waals surface area (Å²) in [5.41, 5.74) is 2.92. The fourth-order valence-corrected chi connectivity index (χ4v) is 3.66. The average Bonchev–Trinajstić information content (AvgIpc) is 3.09. The van der Waals surface area contributed by atoms with Gasteiger partial charge in [-0.05, 0) is 59.8 Å². The first-order valence-electron chi connectivity index (χ1n) is 8.13. The van der Waals surface area contributed by atoms with Crippen LogP contribution < -0.4 is 11.0 Å². The molecule has 0 spiro atoms. The lowest BCUT2D eigenvalue weighted by Crippen LogP contribution is -2.19. The van der Waals surface area contributed by atoms with E-state index in [-0.39, 0.29) is 16.7 Å². The number of nitrogens with zero attached hydrogens (tertiary/aromatic N) is 3. The molecule has 8 heteroatoms. The third kappa shape index (κ3) is 3.19. The van der Waals surface area contributed by atoms with Crippen LogP contribution in [-0.2, 0) is 14.1 Å². The topological polar surface area (TPSA) is 68.4 Å². The highest BCUT2D eigenvalue weighted by molar-refractivity contribution is 8.18. The second kappa shape index (κ2) is 6.55. The normalized spacial score (nSPS) is 17.2. The number of aliphatic imine (C=N–C) groups is 1. The first-order chi connectivity index (χ1) is 12.9. The summed E-state index contributed by atoms with van der Waals surface area (Å²) in [4.78, 5) is 29.0. The molecule has 1 saturated heterocycles. The van der Waals surface area contributed by atoms with Crippen LogP contribution >= 0.6 is 11.8 Å². The summed E-state index contributed by atoms with van der Waals surface area (Å²) in [6.07, 6.45) is 1.84. The number of benzene rings is 2. The number of aromatic nitrogens is 2. The Morgan fingerprint density at radius 3 is 2.48 bits per heavy atom. The standard InChI is InChI=1S/C19H15FN4O2S/c1-23-14-8-3-11(9-15(14)24(2)19(23)26)10-16-17(22-18(25)27-16)21-13-6-4-12(20)5-7-13/h3-10H,1-2H3,(H,21,22,25). The molecule has 1 aliphatic rings. The van der Waals surface area contributed by atoms with Crippen molar-refractivity contribution in [2.45, 2.75) is 0 Å². The van der Waals surface area contributed by atoms with E-state index in [1.54, 1.807) is 35.4 Å². The SMILES string of the molecule is Cn1c(=O)n(C)c2cc(C=C3SC(=O)NC3=Nc3ccc(F)cc3)ccc21. The minimum atomic E-state index is -0.346. The zero-order chi connectivity index (χ0) is 19.1. The molecule has 1 aromatic heterocycles. The van der Waals surface area contributed by atoms with Crippen LogP contribution in [0.15, 0.2) is 57.2 Å². The number of thioether (sulfide) groups is 1. The van der Waals surface area contributed by atoms with Gasteiger partial charge >= 0.3 is 5.69 Å². The first kappa shape index (κ1) is 17.3. The molecule has 1 N–H and O–H groups in total. The van der Waals surface area contributed by atoms with Crippen molar-refractivity contribution < 1.29 is 9.18 Å². The van der Waals surface area contributed by atoms with Crippen molar-refractivity contribution in [1.82, 2.24) is 14.5 Å². The van der Waals surface area contributed by atoms with Gasteiger partial charge in [0.1, 0.15) is 11.7 Å². The number of halogens is 1. The molecule has 0 aliphatic carbocycles. The number of fused-ring (bicyclic) bond motifs is 1. The van der Waals surface area contributed by atoms with E-state index in [1.807, 2.05) is 24.3 Å². The lowest BCUT2D eigenvalue weighted by Gasteiger charge is -2.01. The van der Waals surface area contributed by atoms with Crippen LogP contribution in [0.5, 0.6) is 0 Å². The Bertz CT molecular complexity index is 1190. The lowest BCUT2D eigenvalue weighted by atomic mass is 10.2. The molecule has 1 fully saturated rings. The molecule has 2 aromatic carbocycles. The number of carbonyl (C=O) groups is 1. The summed E-state index contributed by atoms with van der Waals surface area (Å²) in [7, 11) is 3.45. The molecule has 1 aliphatic heterocycles. The third-order valence-electron chi connectivity index (χ3n) is 4.32. The summed E-state index contributed by atoms with van der Waals surface area (Å²) in [5, 5.41) is 2.48.